The topological polar surface area (TPSA) is 108 Å². The summed E-state index contributed by atoms with van der Waals surface area (Å²) in [7, 11) is 5.97. The van der Waals surface area contributed by atoms with Crippen molar-refractivity contribution in [3.63, 3.8) is 0 Å². The number of nitrogens with zero attached hydrogens (tertiary/aromatic N) is 1. The Bertz CT molecular complexity index is 2170. The quantitative estimate of drug-likeness (QED) is 0.0211. The maximum Gasteiger partial charge on any atom is 0.361 e. The fourth-order valence-electron chi connectivity index (χ4n) is 10.2. The molecule has 0 aromatic carbocycles. The second-order valence-corrected chi connectivity index (χ2v) is 26.2. The van der Waals surface area contributed by atoms with Gasteiger partial charge in [-0.1, -0.05) is 325 Å². The van der Waals surface area contributed by atoms with E-state index in [1.54, 1.807) is 0 Å². The fraction of sp³-hybridized carbons (Fsp3) is 0.640. The van der Waals surface area contributed by atoms with E-state index in [1.165, 1.54) is 128 Å². The van der Waals surface area contributed by atoms with Crippen molar-refractivity contribution < 1.29 is 42.9 Å². The number of carbonyl (C=O) groups is 3. The van der Waals surface area contributed by atoms with Crippen LogP contribution in [0.25, 0.3) is 0 Å². The predicted octanol–water partition coefficient (Wildman–Crippen LogP) is 24.6. The minimum atomic E-state index is -1.52. The lowest BCUT2D eigenvalue weighted by Gasteiger charge is -2.25. The molecule has 0 fully saturated rings. The molecule has 0 saturated heterocycles. The number of carbonyl (C=O) groups excluding carboxylic acids is 2. The molecule has 0 spiro atoms. The van der Waals surface area contributed by atoms with E-state index in [2.05, 4.69) is 184 Å². The Hall–Kier alpha value is -5.35. The highest BCUT2D eigenvalue weighted by molar-refractivity contribution is 5.71. The van der Waals surface area contributed by atoms with E-state index in [0.29, 0.717) is 23.9 Å². The summed E-state index contributed by atoms with van der Waals surface area (Å²) in [5, 5.41) is 9.77. The van der Waals surface area contributed by atoms with Gasteiger partial charge in [-0.15, -0.1) is 0 Å². The largest absolute Gasteiger partial charge is 0.477 e. The van der Waals surface area contributed by atoms with Gasteiger partial charge >= 0.3 is 17.9 Å². The van der Waals surface area contributed by atoms with Gasteiger partial charge in [0.1, 0.15) is 13.2 Å². The van der Waals surface area contributed by atoms with Gasteiger partial charge in [0, 0.05) is 12.8 Å². The van der Waals surface area contributed by atoms with Crippen molar-refractivity contribution in [2.45, 2.75) is 309 Å². The summed E-state index contributed by atoms with van der Waals surface area (Å²) in [4.78, 5) is 37.7. The molecule has 9 heteroatoms. The third-order valence-electron chi connectivity index (χ3n) is 16.0. The number of quaternary nitrogens is 1. The number of carboxylic acid groups (broad SMARTS) is 1. The third-order valence-corrected chi connectivity index (χ3v) is 16.0. The summed E-state index contributed by atoms with van der Waals surface area (Å²) in [5.74, 6) is -2.02. The molecule has 538 valence electrons. The Balaban J connectivity index is 4.14. The van der Waals surface area contributed by atoms with Crippen LogP contribution in [0, 0.1) is 0 Å². The SMILES string of the molecule is CC/C=C\C/C=C\C/C=C\C/C=C\C/C=C\C/C=C\C/C=C\C/C=C\C/C=C\C/C=C\CCCCCCCCCCC(=O)OC(COC(=O)CCCCCCCCCCCCCCCCCCCC/C=C\C/C=C\C/C=C\C/C=C\CC)COC(OCC[N+](C)(C)C)C(=O)O. The van der Waals surface area contributed by atoms with Crippen molar-refractivity contribution in [3.8, 4) is 0 Å². The van der Waals surface area contributed by atoms with Crippen LogP contribution >= 0.6 is 0 Å². The predicted molar refractivity (Wildman–Crippen MR) is 410 cm³/mol. The van der Waals surface area contributed by atoms with E-state index in [-0.39, 0.29) is 32.2 Å². The number of hydrogen-bond donors (Lipinski definition) is 1. The first kappa shape index (κ1) is 89.6. The molecule has 1 N–H and O–H groups in total. The normalized spacial score (nSPS) is 13.7. The summed E-state index contributed by atoms with van der Waals surface area (Å²) in [6.07, 6.45) is 109. The van der Waals surface area contributed by atoms with Crippen molar-refractivity contribution in [2.75, 3.05) is 47.5 Å². The molecule has 95 heavy (non-hydrogen) atoms. The molecular weight excluding hydrogens is 1170 g/mol. The Kier molecular flexibility index (Phi) is 70.2. The third kappa shape index (κ3) is 75.9. The van der Waals surface area contributed by atoms with Gasteiger partial charge in [0.25, 0.3) is 6.29 Å². The van der Waals surface area contributed by atoms with E-state index >= 15 is 0 Å². The Morgan fingerprint density at radius 1 is 0.316 bits per heavy atom. The standard InChI is InChI=1S/C86H141NO8/c1-6-8-10-12-14-16-18-20-22-24-26-28-30-32-34-36-38-39-40-41-42-43-44-45-47-49-51-53-55-57-59-61-63-65-67-69-71-73-75-77-84(89)95-82(81-94-86(85(90)91)92-79-78-87(3,4)5)80-93-83(88)76-74-72-70-68-66-64-62-60-58-56-54-52-50-48-46-37-35-33-31-29-27-25-23-21-19-17-15-13-11-9-7-2/h8-11,14-17,20-23,26-29,32,34,38-39,41-42,44-45,49,51,55,57,82,86H,6-7,12-13,18-19,24-25,30-31,33,35-37,40,43,46-48,50,52-54,56,58-81H2,1-5H3/p+1/b10-8-,11-9-,16-14-,17-15-,22-20-,23-21-,28-26-,29-27-,34-32-,39-38-,42-41-,45-44-,51-49-,57-55-. The maximum absolute atomic E-state index is 13.0. The van der Waals surface area contributed by atoms with E-state index in [4.69, 9.17) is 18.9 Å². The number of esters is 2. The van der Waals surface area contributed by atoms with Gasteiger partial charge in [-0.2, -0.15) is 0 Å². The first-order valence-corrected chi connectivity index (χ1v) is 38.3. The van der Waals surface area contributed by atoms with Gasteiger partial charge < -0.3 is 28.5 Å². The number of aliphatic carboxylic acids is 1. The van der Waals surface area contributed by atoms with Crippen LogP contribution in [0.2, 0.25) is 0 Å². The van der Waals surface area contributed by atoms with Gasteiger partial charge in [0.2, 0.25) is 0 Å². The zero-order valence-corrected chi connectivity index (χ0v) is 61.5. The highest BCUT2D eigenvalue weighted by Crippen LogP contribution is 2.17. The van der Waals surface area contributed by atoms with E-state index in [1.807, 2.05) is 21.1 Å². The molecule has 0 rings (SSSR count). The lowest BCUT2D eigenvalue weighted by molar-refractivity contribution is -0.870. The van der Waals surface area contributed by atoms with Crippen LogP contribution in [0.3, 0.4) is 0 Å². The molecule has 0 amide bonds. The molecule has 0 bridgehead atoms. The van der Waals surface area contributed by atoms with E-state index in [0.717, 1.165) is 135 Å². The zero-order chi connectivity index (χ0) is 69.0. The second kappa shape index (κ2) is 74.4. The van der Waals surface area contributed by atoms with E-state index < -0.39 is 24.3 Å². The van der Waals surface area contributed by atoms with Crippen molar-refractivity contribution in [2.24, 2.45) is 0 Å². The number of likely N-dealkylation sites (N-methyl/N-ethyl adjacent to an activating group) is 1. The molecule has 9 nitrogen and oxygen atoms in total. The van der Waals surface area contributed by atoms with Crippen molar-refractivity contribution in [1.82, 2.24) is 0 Å². The summed E-state index contributed by atoms with van der Waals surface area (Å²) in [6.45, 7) is 4.65. The van der Waals surface area contributed by atoms with Crippen molar-refractivity contribution in [3.05, 3.63) is 170 Å². The molecule has 0 saturated carbocycles. The van der Waals surface area contributed by atoms with Gasteiger partial charge in [-0.25, -0.2) is 4.79 Å². The number of carboxylic acids is 1. The number of hydrogen-bond acceptors (Lipinski definition) is 7. The van der Waals surface area contributed by atoms with Crippen molar-refractivity contribution in [1.29, 1.82) is 0 Å². The lowest BCUT2D eigenvalue weighted by Crippen LogP contribution is -2.40. The molecule has 0 aliphatic rings. The van der Waals surface area contributed by atoms with Crippen LogP contribution < -0.4 is 0 Å². The number of unbranched alkanes of at least 4 members (excludes halogenated alkanes) is 26. The smallest absolute Gasteiger partial charge is 0.361 e. The second-order valence-electron chi connectivity index (χ2n) is 26.2. The highest BCUT2D eigenvalue weighted by Gasteiger charge is 2.25. The summed E-state index contributed by atoms with van der Waals surface area (Å²) in [6, 6.07) is 0. The minimum absolute atomic E-state index is 0.179. The minimum Gasteiger partial charge on any atom is -0.477 e. The number of rotatable bonds is 69. The first-order chi connectivity index (χ1) is 46.6. The Labute approximate surface area is 584 Å². The molecule has 0 radical (unpaired) electrons. The average molecular weight is 1320 g/mol. The van der Waals surface area contributed by atoms with E-state index in [9.17, 15) is 19.5 Å². The molecule has 0 heterocycles. The molecule has 0 aliphatic heterocycles. The van der Waals surface area contributed by atoms with Gasteiger partial charge in [0.05, 0.1) is 34.4 Å². The molecule has 2 atom stereocenters. The monoisotopic (exact) mass is 1320 g/mol. The molecule has 2 unspecified atom stereocenters. The lowest BCUT2D eigenvalue weighted by atomic mass is 10.0. The zero-order valence-electron chi connectivity index (χ0n) is 61.5. The van der Waals surface area contributed by atoms with Crippen LogP contribution in [0.4, 0.5) is 0 Å². The molecule has 0 aromatic rings. The maximum atomic E-state index is 13.0. The van der Waals surface area contributed by atoms with Gasteiger partial charge in [-0.3, -0.25) is 9.59 Å². The average Bonchev–Trinajstić information content (AvgIpc) is 2.92. The van der Waals surface area contributed by atoms with Gasteiger partial charge in [0.15, 0.2) is 6.10 Å². The summed E-state index contributed by atoms with van der Waals surface area (Å²) in [5.41, 5.74) is 0. The summed E-state index contributed by atoms with van der Waals surface area (Å²) < 4.78 is 23.0. The van der Waals surface area contributed by atoms with Crippen LogP contribution in [-0.2, 0) is 33.3 Å². The molecule has 0 aromatic heterocycles. The van der Waals surface area contributed by atoms with Crippen LogP contribution in [0.5, 0.6) is 0 Å². The van der Waals surface area contributed by atoms with Gasteiger partial charge in [-0.05, 0) is 128 Å². The Morgan fingerprint density at radius 3 is 0.842 bits per heavy atom. The molecular formula is C86H142NO8+. The highest BCUT2D eigenvalue weighted by atomic mass is 16.7. The summed E-state index contributed by atoms with van der Waals surface area (Å²) >= 11 is 0. The molecule has 0 aliphatic carbocycles. The number of allylic oxidation sites excluding steroid dienone is 28. The van der Waals surface area contributed by atoms with Crippen LogP contribution in [-0.4, -0.2) is 87.4 Å². The first-order valence-electron chi connectivity index (χ1n) is 38.3. The van der Waals surface area contributed by atoms with Crippen LogP contribution in [0.15, 0.2) is 170 Å². The van der Waals surface area contributed by atoms with Crippen molar-refractivity contribution >= 4 is 17.9 Å². The number of ether oxygens (including phenoxy) is 4. The Morgan fingerprint density at radius 2 is 0.568 bits per heavy atom. The van der Waals surface area contributed by atoms with Crippen LogP contribution in [0.1, 0.15) is 296 Å². The fourth-order valence-corrected chi connectivity index (χ4v) is 10.2.